The normalized spacial score (nSPS) is 11.2. The molecule has 0 bridgehead atoms. The number of benzene rings is 1. The lowest BCUT2D eigenvalue weighted by Gasteiger charge is -2.05. The number of ketones is 1. The highest BCUT2D eigenvalue weighted by Crippen LogP contribution is 2.21. The fourth-order valence-electron chi connectivity index (χ4n) is 1.36. The minimum Gasteiger partial charge on any atom is -0.460 e. The van der Waals surface area contributed by atoms with Crippen molar-refractivity contribution < 1.29 is 31.5 Å². The predicted octanol–water partition coefficient (Wildman–Crippen LogP) is 1.11. The molecule has 0 saturated carbocycles. The Morgan fingerprint density at radius 2 is 1.68 bits per heavy atom. The van der Waals surface area contributed by atoms with Crippen LogP contribution in [-0.2, 0) is 19.4 Å². The zero-order valence-corrected chi connectivity index (χ0v) is 10.9. The number of hydrogen-bond donors (Lipinski definition) is 0. The maximum Gasteiger partial charge on any atom is 0.379 e. The quantitative estimate of drug-likeness (QED) is 0.472. The first-order chi connectivity index (χ1) is 8.68. The van der Waals surface area contributed by atoms with E-state index in [2.05, 4.69) is 4.74 Å². The Morgan fingerprint density at radius 1 is 1.21 bits per heavy atom. The average molecular weight is 292 g/mol. The lowest BCUT2D eigenvalue weighted by molar-refractivity contribution is -0.137. The van der Waals surface area contributed by atoms with Crippen molar-refractivity contribution in [2.45, 2.75) is 11.8 Å². The maximum atomic E-state index is 13.5. The third-order valence-corrected chi connectivity index (χ3v) is 3.22. The first-order valence-corrected chi connectivity index (χ1v) is 6.98. The van der Waals surface area contributed by atoms with E-state index in [9.17, 15) is 26.8 Å². The molecule has 0 aliphatic rings. The molecule has 0 aromatic heterocycles. The maximum absolute atomic E-state index is 13.5. The van der Waals surface area contributed by atoms with E-state index in [0.29, 0.717) is 18.4 Å². The van der Waals surface area contributed by atoms with Gasteiger partial charge in [0, 0.05) is 11.8 Å². The molecule has 104 valence electrons. The molecule has 5 nitrogen and oxygen atoms in total. The molecular weight excluding hydrogens is 282 g/mol. The molecule has 0 fully saturated rings. The van der Waals surface area contributed by atoms with Gasteiger partial charge in [0.15, 0.2) is 9.84 Å². The summed E-state index contributed by atoms with van der Waals surface area (Å²) in [6, 6.07) is 0.970. The molecule has 19 heavy (non-hydrogen) atoms. The number of rotatable bonds is 4. The lowest BCUT2D eigenvalue weighted by atomic mass is 10.1. The zero-order chi connectivity index (χ0) is 14.8. The topological polar surface area (TPSA) is 77.5 Å². The number of esters is 1. The molecule has 8 heteroatoms. The number of carbonyl (C=O) groups is 2. The van der Waals surface area contributed by atoms with E-state index in [0.717, 1.165) is 0 Å². The van der Waals surface area contributed by atoms with Gasteiger partial charge in [0.25, 0.3) is 5.78 Å². The summed E-state index contributed by atoms with van der Waals surface area (Å²) >= 11 is 0. The van der Waals surface area contributed by atoms with E-state index in [-0.39, 0.29) is 6.61 Å². The highest BCUT2D eigenvalue weighted by Gasteiger charge is 2.25. The molecule has 0 N–H and O–H groups in total. The van der Waals surface area contributed by atoms with Crippen molar-refractivity contribution in [3.05, 3.63) is 29.3 Å². The fourth-order valence-corrected chi connectivity index (χ4v) is 2.19. The molecule has 0 saturated heterocycles. The Bertz CT molecular complexity index is 613. The molecule has 0 spiro atoms. The number of carbonyl (C=O) groups excluding carboxylic acids is 2. The largest absolute Gasteiger partial charge is 0.460 e. The second kappa shape index (κ2) is 5.43. The number of sulfone groups is 1. The average Bonchev–Trinajstić information content (AvgIpc) is 2.25. The van der Waals surface area contributed by atoms with E-state index >= 15 is 0 Å². The SMILES string of the molecule is CCOC(=O)C(=O)c1cc(F)c(S(C)(=O)=O)c(F)c1. The Kier molecular flexibility index (Phi) is 4.35. The van der Waals surface area contributed by atoms with E-state index in [4.69, 9.17) is 0 Å². The van der Waals surface area contributed by atoms with Crippen LogP contribution >= 0.6 is 0 Å². The van der Waals surface area contributed by atoms with E-state index in [1.54, 1.807) is 0 Å². The summed E-state index contributed by atoms with van der Waals surface area (Å²) in [6.07, 6.45) is 0.626. The minimum absolute atomic E-state index is 0.0725. The standard InChI is InChI=1S/C11H10F2O5S/c1-3-18-11(15)9(14)6-4-7(12)10(8(13)5-6)19(2,16)17/h4-5H,3H2,1-2H3. The van der Waals surface area contributed by atoms with Gasteiger partial charge >= 0.3 is 5.97 Å². The van der Waals surface area contributed by atoms with Gasteiger partial charge in [0.05, 0.1) is 6.61 Å². The molecule has 1 rings (SSSR count). The third-order valence-electron chi connectivity index (χ3n) is 2.09. The monoisotopic (exact) mass is 292 g/mol. The van der Waals surface area contributed by atoms with Crippen molar-refractivity contribution >= 4 is 21.6 Å². The Balaban J connectivity index is 3.30. The van der Waals surface area contributed by atoms with Crippen LogP contribution in [0, 0.1) is 11.6 Å². The molecule has 0 amide bonds. The van der Waals surface area contributed by atoms with Gasteiger partial charge in [-0.15, -0.1) is 0 Å². The first kappa shape index (κ1) is 15.2. The second-order valence-corrected chi connectivity index (χ2v) is 5.54. The molecular formula is C11H10F2O5S. The van der Waals surface area contributed by atoms with Crippen LogP contribution in [0.3, 0.4) is 0 Å². The van der Waals surface area contributed by atoms with E-state index in [1.807, 2.05) is 0 Å². The van der Waals surface area contributed by atoms with E-state index < -0.39 is 43.7 Å². The van der Waals surface area contributed by atoms with Crippen molar-refractivity contribution in [2.24, 2.45) is 0 Å². The van der Waals surface area contributed by atoms with Crippen molar-refractivity contribution in [1.29, 1.82) is 0 Å². The molecule has 1 aromatic carbocycles. The number of halogens is 2. The van der Waals surface area contributed by atoms with Crippen LogP contribution < -0.4 is 0 Å². The van der Waals surface area contributed by atoms with Gasteiger partial charge in [-0.3, -0.25) is 4.79 Å². The smallest absolute Gasteiger partial charge is 0.379 e. The first-order valence-electron chi connectivity index (χ1n) is 5.09. The number of hydrogen-bond acceptors (Lipinski definition) is 5. The van der Waals surface area contributed by atoms with Gasteiger partial charge in [-0.05, 0) is 19.1 Å². The van der Waals surface area contributed by atoms with Crippen LogP contribution in [-0.4, -0.2) is 33.0 Å². The Hall–Kier alpha value is -1.83. The summed E-state index contributed by atoms with van der Waals surface area (Å²) in [4.78, 5) is 21.4. The van der Waals surface area contributed by atoms with Gasteiger partial charge in [-0.2, -0.15) is 0 Å². The van der Waals surface area contributed by atoms with Gasteiger partial charge in [0.1, 0.15) is 16.5 Å². The molecule has 0 atom stereocenters. The summed E-state index contributed by atoms with van der Waals surface area (Å²) in [5.74, 6) is -5.39. The third kappa shape index (κ3) is 3.34. The van der Waals surface area contributed by atoms with Crippen LogP contribution in [0.4, 0.5) is 8.78 Å². The molecule has 0 heterocycles. The van der Waals surface area contributed by atoms with Gasteiger partial charge < -0.3 is 4.74 Å². The predicted molar refractivity (Wildman–Crippen MR) is 60.4 cm³/mol. The summed E-state index contributed by atoms with van der Waals surface area (Å²) in [5, 5.41) is 0. The molecule has 0 unspecified atom stereocenters. The van der Waals surface area contributed by atoms with Crippen LogP contribution in [0.1, 0.15) is 17.3 Å². The highest BCUT2D eigenvalue weighted by atomic mass is 32.2. The minimum atomic E-state index is -4.11. The zero-order valence-electron chi connectivity index (χ0n) is 10.1. The number of ether oxygens (including phenoxy) is 1. The van der Waals surface area contributed by atoms with Gasteiger partial charge in [0.2, 0.25) is 0 Å². The molecule has 1 aromatic rings. The van der Waals surface area contributed by atoms with Crippen molar-refractivity contribution in [2.75, 3.05) is 12.9 Å². The number of Topliss-reactive ketones (excluding diaryl/α,β-unsaturated/α-hetero) is 1. The highest BCUT2D eigenvalue weighted by molar-refractivity contribution is 7.90. The second-order valence-electron chi connectivity index (χ2n) is 3.59. The molecule has 0 radical (unpaired) electrons. The van der Waals surface area contributed by atoms with Crippen LogP contribution in [0.5, 0.6) is 0 Å². The molecule has 0 aliphatic heterocycles. The van der Waals surface area contributed by atoms with Crippen LogP contribution in [0.15, 0.2) is 17.0 Å². The van der Waals surface area contributed by atoms with E-state index in [1.165, 1.54) is 6.92 Å². The van der Waals surface area contributed by atoms with Crippen LogP contribution in [0.2, 0.25) is 0 Å². The Labute approximate surface area is 108 Å². The van der Waals surface area contributed by atoms with Gasteiger partial charge in [-0.1, -0.05) is 0 Å². The van der Waals surface area contributed by atoms with Crippen molar-refractivity contribution in [1.82, 2.24) is 0 Å². The van der Waals surface area contributed by atoms with Crippen LogP contribution in [0.25, 0.3) is 0 Å². The summed E-state index contributed by atoms with van der Waals surface area (Å²) in [6.45, 7) is 1.38. The summed E-state index contributed by atoms with van der Waals surface area (Å²) < 4.78 is 53.6. The summed E-state index contributed by atoms with van der Waals surface area (Å²) in [5.41, 5.74) is -0.610. The van der Waals surface area contributed by atoms with Crippen molar-refractivity contribution in [3.63, 3.8) is 0 Å². The fraction of sp³-hybridized carbons (Fsp3) is 0.273. The van der Waals surface area contributed by atoms with Gasteiger partial charge in [-0.25, -0.2) is 22.0 Å². The molecule has 0 aliphatic carbocycles. The van der Waals surface area contributed by atoms with Crippen molar-refractivity contribution in [3.8, 4) is 0 Å². The summed E-state index contributed by atoms with van der Waals surface area (Å²) in [7, 11) is -4.11. The lowest BCUT2D eigenvalue weighted by Crippen LogP contribution is -2.18. The Morgan fingerprint density at radius 3 is 2.05 bits per heavy atom.